The fraction of sp³-hybridized carbons (Fsp3) is 0.519. The van der Waals surface area contributed by atoms with Gasteiger partial charge in [-0.25, -0.2) is 9.00 Å². The number of aryl methyl sites for hydroxylation is 2. The van der Waals surface area contributed by atoms with Crippen LogP contribution in [0.3, 0.4) is 0 Å². The molecule has 2 fully saturated rings. The Hall–Kier alpha value is -2.18. The molecular formula is C27H33NO4S. The summed E-state index contributed by atoms with van der Waals surface area (Å²) in [4.78, 5) is 12.3. The molecule has 1 saturated heterocycles. The van der Waals surface area contributed by atoms with Crippen LogP contribution in [-0.2, 0) is 32.8 Å². The highest BCUT2D eigenvalue weighted by molar-refractivity contribution is 7.80. The molecule has 2 aliphatic carbocycles. The molecule has 4 atom stereocenters. The van der Waals surface area contributed by atoms with Crippen molar-refractivity contribution < 1.29 is 17.9 Å². The predicted molar refractivity (Wildman–Crippen MR) is 129 cm³/mol. The van der Waals surface area contributed by atoms with Crippen LogP contribution in [0.1, 0.15) is 66.7 Å². The van der Waals surface area contributed by atoms with Crippen LogP contribution in [0.15, 0.2) is 47.4 Å². The quantitative estimate of drug-likeness (QED) is 0.557. The summed E-state index contributed by atoms with van der Waals surface area (Å²) in [5.41, 5.74) is 5.40. The van der Waals surface area contributed by atoms with E-state index in [-0.39, 0.29) is 11.6 Å². The Morgan fingerprint density at radius 1 is 1.15 bits per heavy atom. The molecule has 6 heteroatoms. The molecule has 0 radical (unpaired) electrons. The Morgan fingerprint density at radius 3 is 2.79 bits per heavy atom. The van der Waals surface area contributed by atoms with E-state index in [1.54, 1.807) is 0 Å². The highest BCUT2D eigenvalue weighted by atomic mass is 32.2. The number of nitrogens with one attached hydrogen (secondary N) is 1. The lowest BCUT2D eigenvalue weighted by molar-refractivity contribution is 0.172. The van der Waals surface area contributed by atoms with Crippen molar-refractivity contribution in [2.45, 2.75) is 74.6 Å². The van der Waals surface area contributed by atoms with Gasteiger partial charge >= 0.3 is 6.09 Å². The van der Waals surface area contributed by atoms with Gasteiger partial charge in [0.2, 0.25) is 0 Å². The van der Waals surface area contributed by atoms with Gasteiger partial charge in [-0.2, -0.15) is 0 Å². The summed E-state index contributed by atoms with van der Waals surface area (Å²) in [7, 11) is 0. The second kappa shape index (κ2) is 9.59. The lowest BCUT2D eigenvalue weighted by Gasteiger charge is -2.26. The number of fused-ring (bicyclic) bond motifs is 1. The molecule has 1 heterocycles. The van der Waals surface area contributed by atoms with Gasteiger partial charge in [-0.15, -0.1) is 0 Å². The van der Waals surface area contributed by atoms with Gasteiger partial charge in [0.1, 0.15) is 6.61 Å². The average molecular weight is 468 g/mol. The fourth-order valence-electron chi connectivity index (χ4n) is 5.72. The number of rotatable bonds is 7. The molecule has 33 heavy (non-hydrogen) atoms. The second-order valence-electron chi connectivity index (χ2n) is 10.1. The molecule has 3 aliphatic rings. The van der Waals surface area contributed by atoms with E-state index in [1.807, 2.05) is 31.2 Å². The van der Waals surface area contributed by atoms with E-state index in [1.165, 1.54) is 23.1 Å². The van der Waals surface area contributed by atoms with Gasteiger partial charge in [-0.05, 0) is 98.9 Å². The maximum Gasteiger partial charge on any atom is 0.407 e. The molecule has 5 rings (SSSR count). The minimum Gasteiger partial charge on any atom is -0.447 e. The molecule has 1 N–H and O–H groups in total. The van der Waals surface area contributed by atoms with Crippen LogP contribution in [0.4, 0.5) is 4.79 Å². The molecule has 0 aromatic heterocycles. The van der Waals surface area contributed by atoms with Gasteiger partial charge in [0.25, 0.3) is 0 Å². The topological polar surface area (TPSA) is 64.6 Å². The Morgan fingerprint density at radius 2 is 2.00 bits per heavy atom. The minimum absolute atomic E-state index is 0.145. The van der Waals surface area contributed by atoms with Crippen molar-refractivity contribution >= 4 is 17.2 Å². The first-order valence-electron chi connectivity index (χ1n) is 12.2. The summed E-state index contributed by atoms with van der Waals surface area (Å²) < 4.78 is 23.0. The van der Waals surface area contributed by atoms with Crippen molar-refractivity contribution in [3.63, 3.8) is 0 Å². The zero-order chi connectivity index (χ0) is 22.8. The number of carbonyl (C=O) groups excluding carboxylic acids is 1. The van der Waals surface area contributed by atoms with Crippen LogP contribution < -0.4 is 5.32 Å². The second-order valence-corrected chi connectivity index (χ2v) is 11.2. The minimum atomic E-state index is -1.37. The maximum atomic E-state index is 12.3. The lowest BCUT2D eigenvalue weighted by atomic mass is 9.80. The average Bonchev–Trinajstić information content (AvgIpc) is 3.41. The highest BCUT2D eigenvalue weighted by Crippen LogP contribution is 2.43. The van der Waals surface area contributed by atoms with E-state index < -0.39 is 11.1 Å². The largest absolute Gasteiger partial charge is 0.447 e. The van der Waals surface area contributed by atoms with Crippen LogP contribution in [-0.4, -0.2) is 29.1 Å². The Kier molecular flexibility index (Phi) is 6.57. The first-order valence-corrected chi connectivity index (χ1v) is 13.3. The standard InChI is InChI=1S/C27H33NO4S/c1-19-4-10-25(11-5-19)33(30)32-14-2-3-20-6-7-22-16-23(9-8-21(22)15-20)24-12-13-27(17-24)18-31-26(29)28-27/h4-5,8-11,16,20,24H,2-3,6-7,12-15,17-18H2,1H3,(H,28,29)/t20?,24-,27+,33?/m0/s1. The first kappa shape index (κ1) is 22.6. The van der Waals surface area contributed by atoms with Crippen LogP contribution in [0.25, 0.3) is 0 Å². The van der Waals surface area contributed by atoms with Crippen LogP contribution >= 0.6 is 0 Å². The summed E-state index contributed by atoms with van der Waals surface area (Å²) in [6.07, 6.45) is 8.31. The van der Waals surface area contributed by atoms with Gasteiger partial charge in [0, 0.05) is 0 Å². The molecule has 1 aliphatic heterocycles. The molecular weight excluding hydrogens is 434 g/mol. The van der Waals surface area contributed by atoms with E-state index in [0.29, 0.717) is 25.0 Å². The van der Waals surface area contributed by atoms with Crippen molar-refractivity contribution in [3.05, 3.63) is 64.7 Å². The number of alkyl carbamates (subject to hydrolysis) is 1. The Labute approximate surface area is 198 Å². The Balaban J connectivity index is 1.09. The smallest absolute Gasteiger partial charge is 0.407 e. The van der Waals surface area contributed by atoms with Crippen molar-refractivity contribution in [1.82, 2.24) is 5.32 Å². The van der Waals surface area contributed by atoms with E-state index in [0.717, 1.165) is 55.4 Å². The summed E-state index contributed by atoms with van der Waals surface area (Å²) in [6, 6.07) is 14.7. The summed E-state index contributed by atoms with van der Waals surface area (Å²) >= 11 is -1.37. The molecule has 2 aromatic carbocycles. The van der Waals surface area contributed by atoms with Crippen LogP contribution in [0, 0.1) is 12.8 Å². The first-order chi connectivity index (χ1) is 16.0. The van der Waals surface area contributed by atoms with E-state index >= 15 is 0 Å². The number of ether oxygens (including phenoxy) is 1. The third-order valence-corrected chi connectivity index (χ3v) is 8.69. The number of amides is 1. The monoisotopic (exact) mass is 467 g/mol. The molecule has 2 unspecified atom stereocenters. The molecule has 1 spiro atoms. The van der Waals surface area contributed by atoms with E-state index in [2.05, 4.69) is 23.5 Å². The SMILES string of the molecule is Cc1ccc(S(=O)OCCCC2CCc3cc([C@H]4CC[C@]5(COC(=O)N5)C4)ccc3C2)cc1. The molecule has 1 saturated carbocycles. The summed E-state index contributed by atoms with van der Waals surface area (Å²) in [6.45, 7) is 3.07. The molecule has 2 aromatic rings. The van der Waals surface area contributed by atoms with Crippen molar-refractivity contribution in [1.29, 1.82) is 0 Å². The number of cyclic esters (lactones) is 1. The van der Waals surface area contributed by atoms with Crippen LogP contribution in [0.2, 0.25) is 0 Å². The van der Waals surface area contributed by atoms with E-state index in [9.17, 15) is 9.00 Å². The molecule has 176 valence electrons. The maximum absolute atomic E-state index is 12.3. The molecule has 5 nitrogen and oxygen atoms in total. The normalized spacial score (nSPS) is 27.2. The highest BCUT2D eigenvalue weighted by Gasteiger charge is 2.46. The zero-order valence-electron chi connectivity index (χ0n) is 19.3. The summed E-state index contributed by atoms with van der Waals surface area (Å²) in [5, 5.41) is 3.05. The number of carbonyl (C=O) groups is 1. The van der Waals surface area contributed by atoms with Gasteiger partial charge in [-0.1, -0.05) is 35.9 Å². The number of hydrogen-bond acceptors (Lipinski definition) is 4. The number of benzene rings is 2. The fourth-order valence-corrected chi connectivity index (χ4v) is 6.49. The van der Waals surface area contributed by atoms with Crippen molar-refractivity contribution in [3.8, 4) is 0 Å². The predicted octanol–water partition coefficient (Wildman–Crippen LogP) is 5.37. The van der Waals surface area contributed by atoms with Gasteiger partial charge in [-0.3, -0.25) is 4.18 Å². The zero-order valence-corrected chi connectivity index (χ0v) is 20.1. The third-order valence-electron chi connectivity index (χ3n) is 7.65. The van der Waals surface area contributed by atoms with Gasteiger partial charge < -0.3 is 10.1 Å². The van der Waals surface area contributed by atoms with Crippen LogP contribution in [0.5, 0.6) is 0 Å². The van der Waals surface area contributed by atoms with Gasteiger partial charge in [0.05, 0.1) is 17.0 Å². The van der Waals surface area contributed by atoms with Gasteiger partial charge in [0.15, 0.2) is 11.1 Å². The number of hydrogen-bond donors (Lipinski definition) is 1. The lowest BCUT2D eigenvalue weighted by Crippen LogP contribution is -2.40. The molecule has 0 bridgehead atoms. The third kappa shape index (κ3) is 5.17. The Bertz CT molecular complexity index is 1040. The molecule has 1 amide bonds. The van der Waals surface area contributed by atoms with E-state index in [4.69, 9.17) is 8.92 Å². The van der Waals surface area contributed by atoms with Crippen molar-refractivity contribution in [2.75, 3.05) is 13.2 Å². The van der Waals surface area contributed by atoms with Crippen molar-refractivity contribution in [2.24, 2.45) is 5.92 Å². The summed E-state index contributed by atoms with van der Waals surface area (Å²) in [5.74, 6) is 1.17.